The average molecular weight is 277 g/mol. The van der Waals surface area contributed by atoms with Crippen molar-refractivity contribution < 1.29 is 19.4 Å². The summed E-state index contributed by atoms with van der Waals surface area (Å²) in [6, 6.07) is 5.29. The molecule has 2 aliphatic heterocycles. The Labute approximate surface area is 118 Å². The van der Waals surface area contributed by atoms with Crippen LogP contribution < -0.4 is 9.64 Å². The van der Waals surface area contributed by atoms with Crippen LogP contribution in [-0.2, 0) is 4.74 Å². The van der Waals surface area contributed by atoms with Crippen molar-refractivity contribution in [2.45, 2.75) is 12.8 Å². The van der Waals surface area contributed by atoms with Gasteiger partial charge in [0.15, 0.2) is 0 Å². The number of hydrogen-bond acceptors (Lipinski definition) is 4. The first kappa shape index (κ1) is 13.2. The molecule has 0 unspecified atom stereocenters. The second-order valence-corrected chi connectivity index (χ2v) is 5.66. The Balaban J connectivity index is 1.74. The van der Waals surface area contributed by atoms with Crippen molar-refractivity contribution >= 4 is 11.7 Å². The number of anilines is 1. The van der Waals surface area contributed by atoms with Gasteiger partial charge in [-0.05, 0) is 25.0 Å². The molecule has 2 aliphatic rings. The molecule has 5 nitrogen and oxygen atoms in total. The largest absolute Gasteiger partial charge is 0.496 e. The van der Waals surface area contributed by atoms with Gasteiger partial charge in [-0.2, -0.15) is 0 Å². The molecule has 20 heavy (non-hydrogen) atoms. The molecule has 3 rings (SSSR count). The molecule has 0 saturated carbocycles. The van der Waals surface area contributed by atoms with E-state index >= 15 is 0 Å². The van der Waals surface area contributed by atoms with Gasteiger partial charge in [0.25, 0.3) is 0 Å². The van der Waals surface area contributed by atoms with Gasteiger partial charge in [0.05, 0.1) is 7.11 Å². The van der Waals surface area contributed by atoms with E-state index in [9.17, 15) is 4.79 Å². The number of rotatable bonds is 3. The zero-order valence-corrected chi connectivity index (χ0v) is 11.6. The summed E-state index contributed by atoms with van der Waals surface area (Å²) in [5.74, 6) is -0.541. The molecule has 1 aromatic carbocycles. The van der Waals surface area contributed by atoms with E-state index in [0.29, 0.717) is 11.2 Å². The second kappa shape index (κ2) is 4.98. The number of benzene rings is 1. The summed E-state index contributed by atoms with van der Waals surface area (Å²) >= 11 is 0. The van der Waals surface area contributed by atoms with Crippen LogP contribution in [0, 0.1) is 5.41 Å². The highest BCUT2D eigenvalue weighted by atomic mass is 16.5. The molecular formula is C15H19NO4. The summed E-state index contributed by atoms with van der Waals surface area (Å²) in [6.45, 7) is 3.75. The molecule has 0 bridgehead atoms. The van der Waals surface area contributed by atoms with Gasteiger partial charge in [-0.3, -0.25) is 0 Å². The minimum absolute atomic E-state index is 0.206. The van der Waals surface area contributed by atoms with Crippen molar-refractivity contribution in [2.75, 3.05) is 38.3 Å². The predicted molar refractivity (Wildman–Crippen MR) is 74.7 cm³/mol. The molecule has 2 fully saturated rings. The van der Waals surface area contributed by atoms with Crippen molar-refractivity contribution in [3.8, 4) is 5.75 Å². The maximum Gasteiger partial charge on any atom is 0.339 e. The quantitative estimate of drug-likeness (QED) is 0.916. The first-order valence-electron chi connectivity index (χ1n) is 6.88. The number of aromatic carboxylic acids is 1. The van der Waals surface area contributed by atoms with E-state index in [1.807, 2.05) is 12.1 Å². The fourth-order valence-corrected chi connectivity index (χ4v) is 3.12. The van der Waals surface area contributed by atoms with E-state index in [1.165, 1.54) is 7.11 Å². The van der Waals surface area contributed by atoms with E-state index in [2.05, 4.69) is 4.90 Å². The Morgan fingerprint density at radius 3 is 2.65 bits per heavy atom. The molecule has 0 radical (unpaired) electrons. The number of hydrogen-bond donors (Lipinski definition) is 1. The van der Waals surface area contributed by atoms with Gasteiger partial charge in [0.1, 0.15) is 11.3 Å². The number of ether oxygens (including phenoxy) is 2. The highest BCUT2D eigenvalue weighted by Gasteiger charge is 2.43. The minimum Gasteiger partial charge on any atom is -0.496 e. The van der Waals surface area contributed by atoms with E-state index in [-0.39, 0.29) is 5.56 Å². The topological polar surface area (TPSA) is 59.0 Å². The van der Waals surface area contributed by atoms with Crippen LogP contribution >= 0.6 is 0 Å². The highest BCUT2D eigenvalue weighted by molar-refractivity contribution is 5.91. The number of methoxy groups -OCH3 is 1. The number of carboxylic acid groups (broad SMARTS) is 1. The molecule has 1 N–H and O–H groups in total. The zero-order chi connectivity index (χ0) is 14.2. The average Bonchev–Trinajstić information content (AvgIpc) is 2.44. The molecule has 0 atom stereocenters. The van der Waals surface area contributed by atoms with Crippen LogP contribution in [0.5, 0.6) is 5.75 Å². The summed E-state index contributed by atoms with van der Waals surface area (Å²) in [5, 5.41) is 9.09. The zero-order valence-electron chi connectivity index (χ0n) is 11.6. The lowest BCUT2D eigenvalue weighted by atomic mass is 9.73. The van der Waals surface area contributed by atoms with Crippen LogP contribution in [0.1, 0.15) is 23.2 Å². The van der Waals surface area contributed by atoms with Crippen molar-refractivity contribution in [1.29, 1.82) is 0 Å². The third kappa shape index (κ3) is 2.22. The Hall–Kier alpha value is -1.75. The monoisotopic (exact) mass is 277 g/mol. The SMILES string of the molecule is COc1cc(N2CC3(CCOCC3)C2)ccc1C(=O)O. The predicted octanol–water partition coefficient (Wildman–Crippen LogP) is 2.01. The van der Waals surface area contributed by atoms with Crippen LogP contribution in [0.25, 0.3) is 0 Å². The Bertz CT molecular complexity index is 515. The fraction of sp³-hybridized carbons (Fsp3) is 0.533. The molecular weight excluding hydrogens is 258 g/mol. The number of carboxylic acids is 1. The molecule has 0 aromatic heterocycles. The Kier molecular flexibility index (Phi) is 3.30. The molecule has 1 spiro atoms. The first-order valence-corrected chi connectivity index (χ1v) is 6.88. The van der Waals surface area contributed by atoms with E-state index in [0.717, 1.165) is 44.8 Å². The van der Waals surface area contributed by atoms with Crippen LogP contribution in [-0.4, -0.2) is 44.5 Å². The summed E-state index contributed by atoms with van der Waals surface area (Å²) < 4.78 is 10.6. The lowest BCUT2D eigenvalue weighted by Gasteiger charge is -2.53. The van der Waals surface area contributed by atoms with Gasteiger partial charge < -0.3 is 19.5 Å². The van der Waals surface area contributed by atoms with Crippen molar-refractivity contribution in [3.05, 3.63) is 23.8 Å². The van der Waals surface area contributed by atoms with Gasteiger partial charge in [0.2, 0.25) is 0 Å². The van der Waals surface area contributed by atoms with E-state index in [4.69, 9.17) is 14.6 Å². The van der Waals surface area contributed by atoms with Crippen LogP contribution in [0.15, 0.2) is 18.2 Å². The Morgan fingerprint density at radius 2 is 2.05 bits per heavy atom. The maximum atomic E-state index is 11.1. The molecule has 0 amide bonds. The third-order valence-corrected chi connectivity index (χ3v) is 4.39. The highest BCUT2D eigenvalue weighted by Crippen LogP contribution is 2.42. The van der Waals surface area contributed by atoms with Crippen molar-refractivity contribution in [1.82, 2.24) is 0 Å². The lowest BCUT2D eigenvalue weighted by Crippen LogP contribution is -2.58. The smallest absolute Gasteiger partial charge is 0.339 e. The van der Waals surface area contributed by atoms with Crippen LogP contribution in [0.3, 0.4) is 0 Å². The van der Waals surface area contributed by atoms with Gasteiger partial charge >= 0.3 is 5.97 Å². The molecule has 108 valence electrons. The van der Waals surface area contributed by atoms with Crippen molar-refractivity contribution in [3.63, 3.8) is 0 Å². The first-order chi connectivity index (χ1) is 9.63. The minimum atomic E-state index is -0.960. The molecule has 2 heterocycles. The summed E-state index contributed by atoms with van der Waals surface area (Å²) in [7, 11) is 1.50. The van der Waals surface area contributed by atoms with E-state index < -0.39 is 5.97 Å². The van der Waals surface area contributed by atoms with Gasteiger partial charge in [-0.15, -0.1) is 0 Å². The number of nitrogens with zero attached hydrogens (tertiary/aromatic N) is 1. The summed E-state index contributed by atoms with van der Waals surface area (Å²) in [4.78, 5) is 13.4. The Morgan fingerprint density at radius 1 is 1.35 bits per heavy atom. The maximum absolute atomic E-state index is 11.1. The van der Waals surface area contributed by atoms with Gasteiger partial charge in [-0.1, -0.05) is 0 Å². The van der Waals surface area contributed by atoms with Gasteiger partial charge in [-0.25, -0.2) is 4.79 Å². The van der Waals surface area contributed by atoms with Gasteiger partial charge in [0, 0.05) is 43.5 Å². The lowest BCUT2D eigenvalue weighted by molar-refractivity contribution is -0.000211. The van der Waals surface area contributed by atoms with Crippen LogP contribution in [0.2, 0.25) is 0 Å². The van der Waals surface area contributed by atoms with Crippen LogP contribution in [0.4, 0.5) is 5.69 Å². The fourth-order valence-electron chi connectivity index (χ4n) is 3.12. The molecule has 0 aliphatic carbocycles. The molecule has 2 saturated heterocycles. The standard InChI is InChI=1S/C15H19NO4/c1-19-13-8-11(2-3-12(13)14(17)18)16-9-15(10-16)4-6-20-7-5-15/h2-3,8H,4-7,9-10H2,1H3,(H,17,18). The summed E-state index contributed by atoms with van der Waals surface area (Å²) in [6.07, 6.45) is 2.24. The normalized spacial score (nSPS) is 20.6. The molecule has 1 aromatic rings. The second-order valence-electron chi connectivity index (χ2n) is 5.66. The third-order valence-electron chi connectivity index (χ3n) is 4.39. The summed E-state index contributed by atoms with van der Waals surface area (Å²) in [5.41, 5.74) is 1.64. The molecule has 5 heteroatoms. The number of carbonyl (C=O) groups is 1. The van der Waals surface area contributed by atoms with E-state index in [1.54, 1.807) is 6.07 Å². The van der Waals surface area contributed by atoms with Crippen molar-refractivity contribution in [2.24, 2.45) is 5.41 Å².